The average molecular weight is 242 g/mol. The lowest BCUT2D eigenvalue weighted by molar-refractivity contribution is -0.141. The van der Waals surface area contributed by atoms with Crippen molar-refractivity contribution in [1.82, 2.24) is 15.0 Å². The fraction of sp³-hybridized carbons (Fsp3) is 0.200. The largest absolute Gasteiger partial charge is 0.433 e. The van der Waals surface area contributed by atoms with Gasteiger partial charge in [0.05, 0.1) is 6.54 Å². The number of H-pyrrole nitrogens is 1. The lowest BCUT2D eigenvalue weighted by Gasteiger charge is -2.08. The quantitative estimate of drug-likeness (QED) is 0.869. The van der Waals surface area contributed by atoms with Gasteiger partial charge in [0.1, 0.15) is 17.3 Å². The van der Waals surface area contributed by atoms with Crippen LogP contribution in [0.25, 0.3) is 0 Å². The molecule has 0 unspecified atom stereocenters. The Morgan fingerprint density at radius 1 is 1.29 bits per heavy atom. The van der Waals surface area contributed by atoms with Crippen LogP contribution in [0.4, 0.5) is 19.0 Å². The van der Waals surface area contributed by atoms with Crippen LogP contribution in [-0.4, -0.2) is 15.0 Å². The normalized spacial score (nSPS) is 11.5. The van der Waals surface area contributed by atoms with E-state index >= 15 is 0 Å². The molecule has 0 atom stereocenters. The number of anilines is 1. The molecule has 0 aliphatic carbocycles. The SMILES string of the molecule is FC(F)(F)c1cccc(NCc2ncc[nH]2)n1. The van der Waals surface area contributed by atoms with Crippen molar-refractivity contribution in [2.24, 2.45) is 0 Å². The van der Waals surface area contributed by atoms with E-state index in [-0.39, 0.29) is 5.82 Å². The van der Waals surface area contributed by atoms with Crippen LogP contribution in [0, 0.1) is 0 Å². The van der Waals surface area contributed by atoms with Crippen LogP contribution >= 0.6 is 0 Å². The van der Waals surface area contributed by atoms with E-state index in [0.29, 0.717) is 12.4 Å². The second-order valence-electron chi connectivity index (χ2n) is 3.30. The molecule has 0 fully saturated rings. The zero-order valence-electron chi connectivity index (χ0n) is 8.62. The number of aromatic nitrogens is 3. The molecule has 2 heterocycles. The molecule has 2 aromatic heterocycles. The summed E-state index contributed by atoms with van der Waals surface area (Å²) in [6.07, 6.45) is -1.23. The molecule has 2 rings (SSSR count). The molecule has 2 N–H and O–H groups in total. The Balaban J connectivity index is 2.07. The number of aromatic amines is 1. The van der Waals surface area contributed by atoms with Crippen LogP contribution in [0.5, 0.6) is 0 Å². The number of hydrogen-bond donors (Lipinski definition) is 2. The first kappa shape index (κ1) is 11.4. The van der Waals surface area contributed by atoms with Crippen molar-refractivity contribution >= 4 is 5.82 Å². The van der Waals surface area contributed by atoms with E-state index in [0.717, 1.165) is 6.07 Å². The molecule has 4 nitrogen and oxygen atoms in total. The van der Waals surface area contributed by atoms with Crippen molar-refractivity contribution < 1.29 is 13.2 Å². The van der Waals surface area contributed by atoms with Crippen LogP contribution in [-0.2, 0) is 12.7 Å². The topological polar surface area (TPSA) is 53.6 Å². The van der Waals surface area contributed by atoms with E-state index < -0.39 is 11.9 Å². The van der Waals surface area contributed by atoms with Gasteiger partial charge in [-0.25, -0.2) is 9.97 Å². The molecular weight excluding hydrogens is 233 g/mol. The van der Waals surface area contributed by atoms with Crippen molar-refractivity contribution in [3.8, 4) is 0 Å². The highest BCUT2D eigenvalue weighted by Gasteiger charge is 2.32. The van der Waals surface area contributed by atoms with Crippen molar-refractivity contribution in [1.29, 1.82) is 0 Å². The lowest BCUT2D eigenvalue weighted by atomic mass is 10.3. The number of nitrogens with zero attached hydrogens (tertiary/aromatic N) is 2. The van der Waals surface area contributed by atoms with Crippen LogP contribution in [0.1, 0.15) is 11.5 Å². The van der Waals surface area contributed by atoms with Gasteiger partial charge in [0, 0.05) is 12.4 Å². The molecule has 0 bridgehead atoms. The second-order valence-corrected chi connectivity index (χ2v) is 3.30. The van der Waals surface area contributed by atoms with Crippen molar-refractivity contribution in [2.75, 3.05) is 5.32 Å². The van der Waals surface area contributed by atoms with Gasteiger partial charge in [0.25, 0.3) is 0 Å². The van der Waals surface area contributed by atoms with E-state index in [4.69, 9.17) is 0 Å². The third-order valence-electron chi connectivity index (χ3n) is 2.03. The number of nitrogens with one attached hydrogen (secondary N) is 2. The molecular formula is C10H9F3N4. The maximum Gasteiger partial charge on any atom is 0.433 e. The first-order chi connectivity index (χ1) is 8.05. The number of alkyl halides is 3. The van der Waals surface area contributed by atoms with Gasteiger partial charge in [0.15, 0.2) is 0 Å². The van der Waals surface area contributed by atoms with Crippen LogP contribution in [0.15, 0.2) is 30.6 Å². The number of halogens is 3. The Bertz CT molecular complexity index is 479. The van der Waals surface area contributed by atoms with Gasteiger partial charge in [-0.2, -0.15) is 13.2 Å². The van der Waals surface area contributed by atoms with Crippen molar-refractivity contribution in [2.45, 2.75) is 12.7 Å². The molecule has 7 heteroatoms. The molecule has 0 saturated carbocycles. The summed E-state index contributed by atoms with van der Waals surface area (Å²) < 4.78 is 37.1. The summed E-state index contributed by atoms with van der Waals surface area (Å²) in [6.45, 7) is 0.293. The highest BCUT2D eigenvalue weighted by atomic mass is 19.4. The smallest absolute Gasteiger partial charge is 0.363 e. The Hall–Kier alpha value is -2.05. The summed E-state index contributed by atoms with van der Waals surface area (Å²) in [5.74, 6) is 0.792. The summed E-state index contributed by atoms with van der Waals surface area (Å²) in [5, 5.41) is 2.75. The molecule has 90 valence electrons. The standard InChI is InChI=1S/C10H9F3N4/c11-10(12,13)7-2-1-3-8(17-7)16-6-9-14-4-5-15-9/h1-5H,6H2,(H,14,15)(H,16,17). The fourth-order valence-electron chi connectivity index (χ4n) is 1.26. The predicted molar refractivity (Wildman–Crippen MR) is 55.2 cm³/mol. The number of imidazole rings is 1. The second kappa shape index (κ2) is 4.44. The molecule has 0 saturated heterocycles. The predicted octanol–water partition coefficient (Wildman–Crippen LogP) is 2.44. The first-order valence-corrected chi connectivity index (χ1v) is 4.82. The molecule has 2 aromatic rings. The summed E-state index contributed by atoms with van der Waals surface area (Å²) in [4.78, 5) is 10.2. The Kier molecular flexibility index (Phi) is 2.99. The Morgan fingerprint density at radius 3 is 2.76 bits per heavy atom. The summed E-state index contributed by atoms with van der Waals surface area (Å²) >= 11 is 0. The van der Waals surface area contributed by atoms with Crippen molar-refractivity contribution in [3.63, 3.8) is 0 Å². The molecule has 0 aromatic carbocycles. The minimum absolute atomic E-state index is 0.163. The highest BCUT2D eigenvalue weighted by molar-refractivity contribution is 5.36. The van der Waals surface area contributed by atoms with Crippen molar-refractivity contribution in [3.05, 3.63) is 42.1 Å². The number of hydrogen-bond acceptors (Lipinski definition) is 3. The van der Waals surface area contributed by atoms with Gasteiger partial charge in [-0.05, 0) is 12.1 Å². The van der Waals surface area contributed by atoms with Gasteiger partial charge >= 0.3 is 6.18 Å². The molecule has 0 spiro atoms. The molecule has 0 aliphatic heterocycles. The maximum absolute atomic E-state index is 12.4. The molecule has 0 aliphatic rings. The summed E-state index contributed by atoms with van der Waals surface area (Å²) in [5.41, 5.74) is -0.915. The minimum Gasteiger partial charge on any atom is -0.363 e. The maximum atomic E-state index is 12.4. The number of pyridine rings is 1. The average Bonchev–Trinajstić information content (AvgIpc) is 2.78. The number of rotatable bonds is 3. The first-order valence-electron chi connectivity index (χ1n) is 4.82. The molecule has 17 heavy (non-hydrogen) atoms. The third-order valence-corrected chi connectivity index (χ3v) is 2.03. The van der Waals surface area contributed by atoms with Gasteiger partial charge in [-0.3, -0.25) is 0 Å². The molecule has 0 amide bonds. The fourth-order valence-corrected chi connectivity index (χ4v) is 1.26. The van der Waals surface area contributed by atoms with E-state index in [9.17, 15) is 13.2 Å². The van der Waals surface area contributed by atoms with Gasteiger partial charge in [-0.1, -0.05) is 6.07 Å². The zero-order valence-corrected chi connectivity index (χ0v) is 8.62. The van der Waals surface area contributed by atoms with Gasteiger partial charge < -0.3 is 10.3 Å². The van der Waals surface area contributed by atoms with E-state index in [1.54, 1.807) is 12.4 Å². The zero-order chi connectivity index (χ0) is 12.3. The molecule has 0 radical (unpaired) electrons. The van der Waals surface area contributed by atoms with Gasteiger partial charge in [-0.15, -0.1) is 0 Å². The monoisotopic (exact) mass is 242 g/mol. The van der Waals surface area contributed by atoms with Crippen LogP contribution < -0.4 is 5.32 Å². The summed E-state index contributed by atoms with van der Waals surface area (Å²) in [7, 11) is 0. The lowest BCUT2D eigenvalue weighted by Crippen LogP contribution is -2.10. The Labute approximate surface area is 94.9 Å². The van der Waals surface area contributed by atoms with Crippen LogP contribution in [0.2, 0.25) is 0 Å². The van der Waals surface area contributed by atoms with E-state index in [1.165, 1.54) is 12.1 Å². The van der Waals surface area contributed by atoms with E-state index in [1.807, 2.05) is 0 Å². The Morgan fingerprint density at radius 2 is 2.12 bits per heavy atom. The third kappa shape index (κ3) is 2.96. The minimum atomic E-state index is -4.43. The van der Waals surface area contributed by atoms with Crippen LogP contribution in [0.3, 0.4) is 0 Å². The van der Waals surface area contributed by atoms with E-state index in [2.05, 4.69) is 20.3 Å². The highest BCUT2D eigenvalue weighted by Crippen LogP contribution is 2.28. The van der Waals surface area contributed by atoms with Gasteiger partial charge in [0.2, 0.25) is 0 Å². The summed E-state index contributed by atoms with van der Waals surface area (Å²) in [6, 6.07) is 3.70.